The van der Waals surface area contributed by atoms with Gasteiger partial charge in [0.05, 0.1) is 0 Å². The monoisotopic (exact) mass is 202 g/mol. The molecule has 0 unspecified atom stereocenters. The van der Waals surface area contributed by atoms with Crippen LogP contribution in [0.1, 0.15) is 28.1 Å². The van der Waals surface area contributed by atoms with Gasteiger partial charge < -0.3 is 0 Å². The standard InChI is InChI=1S/C12H10OS/c13-9-5-3-7-11-12(9)8-4-1-2-6-10(8)14-11/h1-2,4,6H,3,5,7H2. The van der Waals surface area contributed by atoms with E-state index in [1.165, 1.54) is 9.58 Å². The first-order valence-corrected chi connectivity index (χ1v) is 5.71. The summed E-state index contributed by atoms with van der Waals surface area (Å²) in [5.41, 5.74) is 1.01. The molecule has 3 rings (SSSR count). The summed E-state index contributed by atoms with van der Waals surface area (Å²) in [7, 11) is 0. The Labute approximate surface area is 86.4 Å². The molecule has 0 bridgehead atoms. The molecule has 0 aliphatic heterocycles. The van der Waals surface area contributed by atoms with E-state index in [1.54, 1.807) is 11.3 Å². The van der Waals surface area contributed by atoms with Gasteiger partial charge in [-0.15, -0.1) is 11.3 Å². The molecule has 0 amide bonds. The lowest BCUT2D eigenvalue weighted by atomic mass is 9.95. The van der Waals surface area contributed by atoms with E-state index < -0.39 is 0 Å². The zero-order chi connectivity index (χ0) is 9.54. The Balaban J connectivity index is 2.39. The lowest BCUT2D eigenvalue weighted by Gasteiger charge is -2.08. The van der Waals surface area contributed by atoms with Crippen LogP contribution in [0, 0.1) is 0 Å². The van der Waals surface area contributed by atoms with Crippen LogP contribution in [0.3, 0.4) is 0 Å². The molecule has 1 aliphatic carbocycles. The van der Waals surface area contributed by atoms with Crippen molar-refractivity contribution >= 4 is 27.2 Å². The van der Waals surface area contributed by atoms with Crippen molar-refractivity contribution in [3.8, 4) is 0 Å². The molecular formula is C12H10OS. The molecule has 70 valence electrons. The molecule has 0 radical (unpaired) electrons. The number of Topliss-reactive ketones (excluding diaryl/α,β-unsaturated/α-hetero) is 1. The summed E-state index contributed by atoms with van der Waals surface area (Å²) in [6.45, 7) is 0. The fraction of sp³-hybridized carbons (Fsp3) is 0.250. The van der Waals surface area contributed by atoms with Crippen LogP contribution in [0.5, 0.6) is 0 Å². The molecule has 0 atom stereocenters. The number of hydrogen-bond donors (Lipinski definition) is 0. The van der Waals surface area contributed by atoms with Crippen molar-refractivity contribution in [3.05, 3.63) is 34.7 Å². The Kier molecular flexibility index (Phi) is 1.71. The summed E-state index contributed by atoms with van der Waals surface area (Å²) in [4.78, 5) is 13.1. The Morgan fingerprint density at radius 2 is 2.00 bits per heavy atom. The first kappa shape index (κ1) is 8.18. The van der Waals surface area contributed by atoms with Crippen molar-refractivity contribution in [2.45, 2.75) is 19.3 Å². The number of carbonyl (C=O) groups excluding carboxylic acids is 1. The normalized spacial score (nSPS) is 15.9. The maximum Gasteiger partial charge on any atom is 0.164 e. The number of rotatable bonds is 0. The predicted molar refractivity (Wildman–Crippen MR) is 59.1 cm³/mol. The SMILES string of the molecule is O=C1CCCc2sc3ccccc3c21. The first-order valence-electron chi connectivity index (χ1n) is 4.90. The van der Waals surface area contributed by atoms with E-state index in [4.69, 9.17) is 0 Å². The van der Waals surface area contributed by atoms with Gasteiger partial charge in [-0.25, -0.2) is 0 Å². The van der Waals surface area contributed by atoms with Crippen molar-refractivity contribution in [1.82, 2.24) is 0 Å². The van der Waals surface area contributed by atoms with E-state index in [0.29, 0.717) is 5.78 Å². The van der Waals surface area contributed by atoms with Crippen molar-refractivity contribution in [2.24, 2.45) is 0 Å². The highest BCUT2D eigenvalue weighted by Crippen LogP contribution is 2.35. The largest absolute Gasteiger partial charge is 0.294 e. The third-order valence-corrected chi connectivity index (χ3v) is 3.99. The van der Waals surface area contributed by atoms with Gasteiger partial charge in [-0.2, -0.15) is 0 Å². The minimum absolute atomic E-state index is 0.337. The Morgan fingerprint density at radius 1 is 1.14 bits per heavy atom. The van der Waals surface area contributed by atoms with Gasteiger partial charge in [0.2, 0.25) is 0 Å². The number of carbonyl (C=O) groups is 1. The molecule has 14 heavy (non-hydrogen) atoms. The quantitative estimate of drug-likeness (QED) is 0.639. The number of benzene rings is 1. The van der Waals surface area contributed by atoms with Crippen LogP contribution in [0.25, 0.3) is 10.1 Å². The maximum absolute atomic E-state index is 11.8. The third-order valence-electron chi connectivity index (χ3n) is 2.75. The topological polar surface area (TPSA) is 17.1 Å². The number of fused-ring (bicyclic) bond motifs is 3. The lowest BCUT2D eigenvalue weighted by Crippen LogP contribution is -2.07. The van der Waals surface area contributed by atoms with Crippen LogP contribution in [0.4, 0.5) is 0 Å². The van der Waals surface area contributed by atoms with Crippen molar-refractivity contribution in [1.29, 1.82) is 0 Å². The van der Waals surface area contributed by atoms with Crippen LogP contribution in [0.2, 0.25) is 0 Å². The first-order chi connectivity index (χ1) is 6.86. The molecule has 1 aromatic heterocycles. The molecule has 0 saturated carbocycles. The number of thiophene rings is 1. The fourth-order valence-corrected chi connectivity index (χ4v) is 3.38. The zero-order valence-corrected chi connectivity index (χ0v) is 8.56. The van der Waals surface area contributed by atoms with Gasteiger partial charge in [-0.3, -0.25) is 4.79 Å². The molecule has 0 fully saturated rings. The van der Waals surface area contributed by atoms with E-state index in [0.717, 1.165) is 30.2 Å². The van der Waals surface area contributed by atoms with Crippen LogP contribution < -0.4 is 0 Å². The molecule has 2 aromatic rings. The maximum atomic E-state index is 11.8. The van der Waals surface area contributed by atoms with Gasteiger partial charge in [-0.05, 0) is 18.9 Å². The molecule has 1 aliphatic rings. The molecule has 1 heterocycles. The van der Waals surface area contributed by atoms with Gasteiger partial charge in [0, 0.05) is 26.9 Å². The molecule has 0 saturated heterocycles. The summed E-state index contributed by atoms with van der Waals surface area (Å²) in [5, 5.41) is 1.16. The van der Waals surface area contributed by atoms with E-state index >= 15 is 0 Å². The van der Waals surface area contributed by atoms with Crippen LogP contribution in [0.15, 0.2) is 24.3 Å². The van der Waals surface area contributed by atoms with E-state index in [9.17, 15) is 4.79 Å². The highest BCUT2D eigenvalue weighted by atomic mass is 32.1. The van der Waals surface area contributed by atoms with E-state index in [1.807, 2.05) is 12.1 Å². The van der Waals surface area contributed by atoms with Crippen LogP contribution >= 0.6 is 11.3 Å². The minimum atomic E-state index is 0.337. The minimum Gasteiger partial charge on any atom is -0.294 e. The van der Waals surface area contributed by atoms with Crippen molar-refractivity contribution in [2.75, 3.05) is 0 Å². The third kappa shape index (κ3) is 1.04. The molecule has 0 N–H and O–H groups in total. The van der Waals surface area contributed by atoms with Crippen LogP contribution in [-0.4, -0.2) is 5.78 Å². The Morgan fingerprint density at radius 3 is 2.93 bits per heavy atom. The zero-order valence-electron chi connectivity index (χ0n) is 7.75. The summed E-state index contributed by atoms with van der Waals surface area (Å²) >= 11 is 1.78. The summed E-state index contributed by atoms with van der Waals surface area (Å²) in [6, 6.07) is 8.21. The van der Waals surface area contributed by atoms with Gasteiger partial charge in [0.25, 0.3) is 0 Å². The van der Waals surface area contributed by atoms with Gasteiger partial charge in [0.15, 0.2) is 5.78 Å². The number of hydrogen-bond acceptors (Lipinski definition) is 2. The number of aryl methyl sites for hydroxylation is 1. The van der Waals surface area contributed by atoms with Crippen molar-refractivity contribution in [3.63, 3.8) is 0 Å². The van der Waals surface area contributed by atoms with Gasteiger partial charge in [-0.1, -0.05) is 18.2 Å². The summed E-state index contributed by atoms with van der Waals surface area (Å²) in [6.07, 6.45) is 2.84. The average molecular weight is 202 g/mol. The summed E-state index contributed by atoms with van der Waals surface area (Å²) in [5.74, 6) is 0.337. The summed E-state index contributed by atoms with van der Waals surface area (Å²) < 4.78 is 1.26. The van der Waals surface area contributed by atoms with Crippen LogP contribution in [-0.2, 0) is 6.42 Å². The molecule has 2 heteroatoms. The molecular weight excluding hydrogens is 192 g/mol. The fourth-order valence-electron chi connectivity index (χ4n) is 2.11. The highest BCUT2D eigenvalue weighted by molar-refractivity contribution is 7.19. The second-order valence-electron chi connectivity index (χ2n) is 3.67. The highest BCUT2D eigenvalue weighted by Gasteiger charge is 2.21. The van der Waals surface area contributed by atoms with Crippen molar-refractivity contribution < 1.29 is 4.79 Å². The van der Waals surface area contributed by atoms with Gasteiger partial charge >= 0.3 is 0 Å². The molecule has 1 nitrogen and oxygen atoms in total. The van der Waals surface area contributed by atoms with Gasteiger partial charge in [0.1, 0.15) is 0 Å². The second-order valence-corrected chi connectivity index (χ2v) is 4.81. The lowest BCUT2D eigenvalue weighted by molar-refractivity contribution is 0.0975. The van der Waals surface area contributed by atoms with E-state index in [2.05, 4.69) is 12.1 Å². The molecule has 0 spiro atoms. The second kappa shape index (κ2) is 2.92. The molecule has 1 aromatic carbocycles. The Bertz CT molecular complexity index is 510. The smallest absolute Gasteiger partial charge is 0.164 e. The number of ketones is 1. The average Bonchev–Trinajstić information content (AvgIpc) is 2.57. The van der Waals surface area contributed by atoms with E-state index in [-0.39, 0.29) is 0 Å². The Hall–Kier alpha value is -1.15. The predicted octanol–water partition coefficient (Wildman–Crippen LogP) is 3.42.